The van der Waals surface area contributed by atoms with Crippen molar-refractivity contribution < 1.29 is 4.79 Å². The van der Waals surface area contributed by atoms with Crippen molar-refractivity contribution in [2.75, 3.05) is 6.54 Å². The van der Waals surface area contributed by atoms with Crippen molar-refractivity contribution in [2.45, 2.75) is 19.9 Å². The Morgan fingerprint density at radius 1 is 1.22 bits per heavy atom. The fourth-order valence-corrected chi connectivity index (χ4v) is 2.55. The molecule has 1 aromatic heterocycles. The SMILES string of the molecule is CCn1nnc2cc(C(=O)NCCc3ccc(Cl)cc3)ccc21. The molecular weight excluding hydrogens is 312 g/mol. The predicted molar refractivity (Wildman–Crippen MR) is 90.7 cm³/mol. The highest BCUT2D eigenvalue weighted by atomic mass is 35.5. The summed E-state index contributed by atoms with van der Waals surface area (Å²) < 4.78 is 1.80. The smallest absolute Gasteiger partial charge is 0.251 e. The molecule has 5 nitrogen and oxygen atoms in total. The molecule has 0 fully saturated rings. The van der Waals surface area contributed by atoms with Gasteiger partial charge in [-0.2, -0.15) is 0 Å². The van der Waals surface area contributed by atoms with Crippen LogP contribution in [0.1, 0.15) is 22.8 Å². The van der Waals surface area contributed by atoms with E-state index in [9.17, 15) is 4.79 Å². The molecule has 0 aliphatic rings. The fraction of sp³-hybridized carbons (Fsp3) is 0.235. The van der Waals surface area contributed by atoms with E-state index in [1.165, 1.54) is 0 Å². The number of aromatic nitrogens is 3. The van der Waals surface area contributed by atoms with Crippen molar-refractivity contribution in [1.29, 1.82) is 0 Å². The first-order valence-electron chi connectivity index (χ1n) is 7.53. The summed E-state index contributed by atoms with van der Waals surface area (Å²) >= 11 is 5.85. The van der Waals surface area contributed by atoms with Gasteiger partial charge in [0.05, 0.1) is 5.52 Å². The fourth-order valence-electron chi connectivity index (χ4n) is 2.42. The zero-order valence-electron chi connectivity index (χ0n) is 12.8. The summed E-state index contributed by atoms with van der Waals surface area (Å²) in [5.74, 6) is -0.105. The van der Waals surface area contributed by atoms with Gasteiger partial charge in [0.15, 0.2) is 0 Å². The Labute approximate surface area is 139 Å². The van der Waals surface area contributed by atoms with Crippen LogP contribution in [0.5, 0.6) is 0 Å². The maximum Gasteiger partial charge on any atom is 0.251 e. The van der Waals surface area contributed by atoms with Crippen LogP contribution in [-0.2, 0) is 13.0 Å². The number of hydrogen-bond acceptors (Lipinski definition) is 3. The highest BCUT2D eigenvalue weighted by Crippen LogP contribution is 2.13. The van der Waals surface area contributed by atoms with Gasteiger partial charge in [-0.05, 0) is 49.2 Å². The highest BCUT2D eigenvalue weighted by molar-refractivity contribution is 6.30. The molecule has 0 atom stereocenters. The van der Waals surface area contributed by atoms with Crippen molar-refractivity contribution in [3.63, 3.8) is 0 Å². The first kappa shape index (κ1) is 15.5. The second kappa shape index (κ2) is 6.79. The van der Waals surface area contributed by atoms with Crippen molar-refractivity contribution >= 4 is 28.5 Å². The van der Waals surface area contributed by atoms with Crippen molar-refractivity contribution in [3.8, 4) is 0 Å². The Hall–Kier alpha value is -2.40. The van der Waals surface area contributed by atoms with Gasteiger partial charge in [0, 0.05) is 23.7 Å². The summed E-state index contributed by atoms with van der Waals surface area (Å²) in [6.07, 6.45) is 0.761. The maximum absolute atomic E-state index is 12.2. The molecule has 3 rings (SSSR count). The molecule has 0 aliphatic heterocycles. The Balaban J connectivity index is 1.62. The number of benzene rings is 2. The average molecular weight is 329 g/mol. The van der Waals surface area contributed by atoms with Gasteiger partial charge >= 0.3 is 0 Å². The van der Waals surface area contributed by atoms with Crippen LogP contribution < -0.4 is 5.32 Å². The van der Waals surface area contributed by atoms with Crippen LogP contribution in [0.2, 0.25) is 5.02 Å². The minimum absolute atomic E-state index is 0.105. The van der Waals surface area contributed by atoms with E-state index in [1.54, 1.807) is 16.8 Å². The first-order valence-corrected chi connectivity index (χ1v) is 7.91. The zero-order chi connectivity index (χ0) is 16.2. The van der Waals surface area contributed by atoms with E-state index >= 15 is 0 Å². The number of aryl methyl sites for hydroxylation is 1. The molecule has 118 valence electrons. The second-order valence-corrected chi connectivity index (χ2v) is 5.68. The molecule has 3 aromatic rings. The number of hydrogen-bond donors (Lipinski definition) is 1. The second-order valence-electron chi connectivity index (χ2n) is 5.24. The monoisotopic (exact) mass is 328 g/mol. The van der Waals surface area contributed by atoms with Gasteiger partial charge in [-0.1, -0.05) is 28.9 Å². The van der Waals surface area contributed by atoms with Crippen LogP contribution in [0.15, 0.2) is 42.5 Å². The van der Waals surface area contributed by atoms with E-state index in [-0.39, 0.29) is 5.91 Å². The quantitative estimate of drug-likeness (QED) is 0.783. The molecule has 0 radical (unpaired) electrons. The van der Waals surface area contributed by atoms with Crippen molar-refractivity contribution in [2.24, 2.45) is 0 Å². The van der Waals surface area contributed by atoms with E-state index in [0.717, 1.165) is 29.6 Å². The van der Waals surface area contributed by atoms with Gasteiger partial charge in [0.25, 0.3) is 5.91 Å². The van der Waals surface area contributed by atoms with Gasteiger partial charge in [0.2, 0.25) is 0 Å². The van der Waals surface area contributed by atoms with Crippen LogP contribution in [0.25, 0.3) is 11.0 Å². The van der Waals surface area contributed by atoms with Crippen LogP contribution in [0, 0.1) is 0 Å². The number of carbonyl (C=O) groups excluding carboxylic acids is 1. The zero-order valence-corrected chi connectivity index (χ0v) is 13.5. The van der Waals surface area contributed by atoms with Gasteiger partial charge in [0.1, 0.15) is 5.52 Å². The number of fused-ring (bicyclic) bond motifs is 1. The maximum atomic E-state index is 12.2. The highest BCUT2D eigenvalue weighted by Gasteiger charge is 2.09. The molecule has 0 aliphatic carbocycles. The van der Waals surface area contributed by atoms with Crippen LogP contribution in [0.4, 0.5) is 0 Å². The Morgan fingerprint density at radius 2 is 2.00 bits per heavy atom. The molecule has 0 saturated carbocycles. The Bertz CT molecular complexity index is 826. The number of nitrogens with one attached hydrogen (secondary N) is 1. The minimum Gasteiger partial charge on any atom is -0.352 e. The van der Waals surface area contributed by atoms with Gasteiger partial charge < -0.3 is 5.32 Å². The van der Waals surface area contributed by atoms with E-state index < -0.39 is 0 Å². The number of rotatable bonds is 5. The molecule has 0 saturated heterocycles. The molecule has 1 N–H and O–H groups in total. The molecule has 1 amide bonds. The first-order chi connectivity index (χ1) is 11.2. The number of carbonyl (C=O) groups is 1. The van der Waals surface area contributed by atoms with E-state index in [4.69, 9.17) is 11.6 Å². The molecule has 2 aromatic carbocycles. The summed E-state index contributed by atoms with van der Waals surface area (Å²) in [5, 5.41) is 11.8. The molecule has 0 bridgehead atoms. The third kappa shape index (κ3) is 3.51. The van der Waals surface area contributed by atoms with Gasteiger partial charge in [-0.3, -0.25) is 4.79 Å². The number of halogens is 1. The lowest BCUT2D eigenvalue weighted by molar-refractivity contribution is 0.0954. The molecule has 1 heterocycles. The Kier molecular flexibility index (Phi) is 4.57. The Morgan fingerprint density at radius 3 is 2.74 bits per heavy atom. The summed E-state index contributed by atoms with van der Waals surface area (Å²) in [7, 11) is 0. The van der Waals surface area contributed by atoms with Gasteiger partial charge in [-0.25, -0.2) is 4.68 Å². The largest absolute Gasteiger partial charge is 0.352 e. The third-order valence-electron chi connectivity index (χ3n) is 3.69. The third-order valence-corrected chi connectivity index (χ3v) is 3.94. The van der Waals surface area contributed by atoms with Crippen molar-refractivity contribution in [1.82, 2.24) is 20.3 Å². The van der Waals surface area contributed by atoms with Crippen LogP contribution >= 0.6 is 11.6 Å². The number of amides is 1. The topological polar surface area (TPSA) is 59.8 Å². The average Bonchev–Trinajstić information content (AvgIpc) is 2.98. The predicted octanol–water partition coefficient (Wildman–Crippen LogP) is 3.08. The normalized spacial score (nSPS) is 10.9. The summed E-state index contributed by atoms with van der Waals surface area (Å²) in [4.78, 5) is 12.2. The van der Waals surface area contributed by atoms with Crippen LogP contribution in [0.3, 0.4) is 0 Å². The van der Waals surface area contributed by atoms with E-state index in [2.05, 4.69) is 15.6 Å². The standard InChI is InChI=1S/C17H17ClN4O/c1-2-22-16-8-5-13(11-15(16)20-21-22)17(23)19-10-9-12-3-6-14(18)7-4-12/h3-8,11H,2,9-10H2,1H3,(H,19,23). The summed E-state index contributed by atoms with van der Waals surface area (Å²) in [5.41, 5.74) is 3.40. The van der Waals surface area contributed by atoms with E-state index in [0.29, 0.717) is 17.1 Å². The molecule has 23 heavy (non-hydrogen) atoms. The lowest BCUT2D eigenvalue weighted by Crippen LogP contribution is -2.25. The van der Waals surface area contributed by atoms with Crippen LogP contribution in [-0.4, -0.2) is 27.4 Å². The lowest BCUT2D eigenvalue weighted by Gasteiger charge is -2.06. The molecule has 0 spiro atoms. The lowest BCUT2D eigenvalue weighted by atomic mass is 10.1. The summed E-state index contributed by atoms with van der Waals surface area (Å²) in [6, 6.07) is 13.1. The van der Waals surface area contributed by atoms with Gasteiger partial charge in [-0.15, -0.1) is 5.10 Å². The molecule has 0 unspecified atom stereocenters. The summed E-state index contributed by atoms with van der Waals surface area (Å²) in [6.45, 7) is 3.33. The number of nitrogens with zero attached hydrogens (tertiary/aromatic N) is 3. The minimum atomic E-state index is -0.105. The van der Waals surface area contributed by atoms with Crippen molar-refractivity contribution in [3.05, 3.63) is 58.6 Å². The van der Waals surface area contributed by atoms with E-state index in [1.807, 2.05) is 37.3 Å². The molecular formula is C17H17ClN4O. The molecule has 6 heteroatoms.